The minimum Gasteiger partial charge on any atom is -0.260 e. The summed E-state index contributed by atoms with van der Waals surface area (Å²) < 4.78 is 10.8. The Kier molecular flexibility index (Phi) is 4.30. The van der Waals surface area contributed by atoms with Crippen LogP contribution in [0.5, 0.6) is 0 Å². The van der Waals surface area contributed by atoms with E-state index in [-0.39, 0.29) is 5.38 Å². The molecule has 0 radical (unpaired) electrons. The number of rotatable bonds is 3. The third-order valence-electron chi connectivity index (χ3n) is 2.10. The highest BCUT2D eigenvalue weighted by molar-refractivity contribution is 7.84. The number of halogens is 1. The minimum absolute atomic E-state index is 0.221. The van der Waals surface area contributed by atoms with Crippen molar-refractivity contribution in [1.82, 2.24) is 0 Å². The number of alkyl halides is 1. The fraction of sp³-hybridized carbons (Fsp3) is 0.778. The lowest BCUT2D eigenvalue weighted by molar-refractivity contribution is 0.675. The van der Waals surface area contributed by atoms with Gasteiger partial charge in [-0.15, -0.1) is 11.6 Å². The van der Waals surface area contributed by atoms with Crippen molar-refractivity contribution in [3.63, 3.8) is 0 Å². The summed E-state index contributed by atoms with van der Waals surface area (Å²) in [5.74, 6) is 0.787. The van der Waals surface area contributed by atoms with Crippen molar-refractivity contribution in [1.29, 1.82) is 0 Å². The Labute approximate surface area is 81.6 Å². The lowest BCUT2D eigenvalue weighted by Gasteiger charge is -2.15. The molecule has 0 aromatic rings. The van der Waals surface area contributed by atoms with E-state index in [2.05, 4.69) is 6.08 Å². The molecule has 0 aromatic carbocycles. The van der Waals surface area contributed by atoms with Crippen LogP contribution in [0.4, 0.5) is 0 Å². The Morgan fingerprint density at radius 3 is 3.08 bits per heavy atom. The molecule has 0 heterocycles. The molecule has 0 aromatic heterocycles. The molecular weight excluding hydrogens is 192 g/mol. The summed E-state index contributed by atoms with van der Waals surface area (Å²) in [6.45, 7) is 0. The summed E-state index contributed by atoms with van der Waals surface area (Å²) >= 11 is 5.97. The van der Waals surface area contributed by atoms with E-state index >= 15 is 0 Å². The Hall–Kier alpha value is 0.180. The highest BCUT2D eigenvalue weighted by atomic mass is 35.5. The van der Waals surface area contributed by atoms with Crippen LogP contribution in [0.25, 0.3) is 0 Å². The normalized spacial score (nSPS) is 26.5. The second-order valence-electron chi connectivity index (χ2n) is 3.26. The Morgan fingerprint density at radius 1 is 1.75 bits per heavy atom. The zero-order valence-electron chi connectivity index (χ0n) is 7.38. The Bertz CT molecular complexity index is 201. The van der Waals surface area contributed by atoms with Crippen LogP contribution in [0.2, 0.25) is 0 Å². The minimum atomic E-state index is -0.662. The first-order valence-corrected chi connectivity index (χ1v) is 6.48. The molecule has 0 fully saturated rings. The molecule has 12 heavy (non-hydrogen) atoms. The molecule has 0 saturated carbocycles. The van der Waals surface area contributed by atoms with Crippen molar-refractivity contribution in [3.8, 4) is 0 Å². The lowest BCUT2D eigenvalue weighted by Crippen LogP contribution is -2.05. The molecule has 1 aliphatic carbocycles. The number of hydrogen-bond donors (Lipinski definition) is 0. The van der Waals surface area contributed by atoms with E-state index in [9.17, 15) is 4.21 Å². The van der Waals surface area contributed by atoms with Crippen LogP contribution in [0.15, 0.2) is 11.6 Å². The molecule has 0 N–H and O–H groups in total. The van der Waals surface area contributed by atoms with Gasteiger partial charge in [-0.25, -0.2) is 0 Å². The van der Waals surface area contributed by atoms with Crippen LogP contribution < -0.4 is 0 Å². The third-order valence-corrected chi connectivity index (χ3v) is 3.23. The molecule has 1 rings (SSSR count). The maximum absolute atomic E-state index is 10.8. The standard InChI is InChI=1S/C9H15ClOS/c1-12(11)6-5-8-3-2-4-9(10)7-8/h7,9H,2-6H2,1H3. The Balaban J connectivity index is 2.35. The topological polar surface area (TPSA) is 17.1 Å². The van der Waals surface area contributed by atoms with Crippen LogP contribution in [0.3, 0.4) is 0 Å². The predicted octanol–water partition coefficient (Wildman–Crippen LogP) is 2.47. The molecular formula is C9H15ClOS. The predicted molar refractivity (Wildman–Crippen MR) is 55.1 cm³/mol. The zero-order chi connectivity index (χ0) is 8.97. The van der Waals surface area contributed by atoms with Gasteiger partial charge in [0.15, 0.2) is 0 Å². The molecule has 3 heteroatoms. The van der Waals surface area contributed by atoms with Gasteiger partial charge < -0.3 is 0 Å². The monoisotopic (exact) mass is 206 g/mol. The van der Waals surface area contributed by atoms with Crippen molar-refractivity contribution < 1.29 is 4.21 Å². The van der Waals surface area contributed by atoms with Crippen molar-refractivity contribution in [2.75, 3.05) is 12.0 Å². The molecule has 0 bridgehead atoms. The third kappa shape index (κ3) is 3.72. The molecule has 1 nitrogen and oxygen atoms in total. The van der Waals surface area contributed by atoms with E-state index in [0.29, 0.717) is 0 Å². The van der Waals surface area contributed by atoms with Gasteiger partial charge in [-0.05, 0) is 25.7 Å². The first kappa shape index (κ1) is 10.3. The fourth-order valence-electron chi connectivity index (χ4n) is 1.43. The second kappa shape index (κ2) is 5.03. The molecule has 0 aliphatic heterocycles. The lowest BCUT2D eigenvalue weighted by atomic mass is 9.98. The van der Waals surface area contributed by atoms with Crippen LogP contribution >= 0.6 is 11.6 Å². The van der Waals surface area contributed by atoms with Crippen molar-refractivity contribution in [2.45, 2.75) is 31.1 Å². The zero-order valence-corrected chi connectivity index (χ0v) is 8.96. The molecule has 2 atom stereocenters. The number of hydrogen-bond acceptors (Lipinski definition) is 1. The van der Waals surface area contributed by atoms with Gasteiger partial charge in [0.05, 0.1) is 5.38 Å². The summed E-state index contributed by atoms with van der Waals surface area (Å²) in [5.41, 5.74) is 1.40. The average Bonchev–Trinajstić information content (AvgIpc) is 2.01. The van der Waals surface area contributed by atoms with E-state index in [1.54, 1.807) is 6.26 Å². The maximum atomic E-state index is 10.8. The van der Waals surface area contributed by atoms with Crippen LogP contribution in [-0.2, 0) is 10.8 Å². The first-order valence-electron chi connectivity index (χ1n) is 4.32. The average molecular weight is 207 g/mol. The summed E-state index contributed by atoms with van der Waals surface area (Å²) in [6.07, 6.45) is 8.29. The highest BCUT2D eigenvalue weighted by Crippen LogP contribution is 2.23. The summed E-state index contributed by atoms with van der Waals surface area (Å²) in [4.78, 5) is 0. The van der Waals surface area contributed by atoms with E-state index in [1.807, 2.05) is 0 Å². The first-order chi connectivity index (χ1) is 5.68. The molecule has 0 saturated heterocycles. The molecule has 1 aliphatic rings. The largest absolute Gasteiger partial charge is 0.260 e. The fourth-order valence-corrected chi connectivity index (χ4v) is 2.31. The maximum Gasteiger partial charge on any atom is 0.0518 e. The summed E-state index contributed by atoms with van der Waals surface area (Å²) in [7, 11) is -0.662. The van der Waals surface area contributed by atoms with Crippen molar-refractivity contribution >= 4 is 22.4 Å². The quantitative estimate of drug-likeness (QED) is 0.512. The summed E-state index contributed by atoms with van der Waals surface area (Å²) in [6, 6.07) is 0. The van der Waals surface area contributed by atoms with Gasteiger partial charge in [-0.3, -0.25) is 4.21 Å². The SMILES string of the molecule is CS(=O)CCC1=CC(Cl)CCC1. The van der Waals surface area contributed by atoms with Gasteiger partial charge in [0.25, 0.3) is 0 Å². The van der Waals surface area contributed by atoms with Crippen LogP contribution in [-0.4, -0.2) is 21.6 Å². The van der Waals surface area contributed by atoms with E-state index in [4.69, 9.17) is 11.6 Å². The van der Waals surface area contributed by atoms with Crippen molar-refractivity contribution in [2.24, 2.45) is 0 Å². The van der Waals surface area contributed by atoms with Gasteiger partial charge in [0.2, 0.25) is 0 Å². The molecule has 0 amide bonds. The molecule has 0 spiro atoms. The van der Waals surface area contributed by atoms with Gasteiger partial charge in [0, 0.05) is 22.8 Å². The van der Waals surface area contributed by atoms with E-state index in [1.165, 1.54) is 12.0 Å². The van der Waals surface area contributed by atoms with Gasteiger partial charge in [-0.1, -0.05) is 11.6 Å². The van der Waals surface area contributed by atoms with Crippen molar-refractivity contribution in [3.05, 3.63) is 11.6 Å². The highest BCUT2D eigenvalue weighted by Gasteiger charge is 2.10. The van der Waals surface area contributed by atoms with Gasteiger partial charge in [-0.2, -0.15) is 0 Å². The summed E-state index contributed by atoms with van der Waals surface area (Å²) in [5, 5.41) is 0.221. The van der Waals surface area contributed by atoms with E-state index in [0.717, 1.165) is 25.0 Å². The molecule has 70 valence electrons. The smallest absolute Gasteiger partial charge is 0.0518 e. The van der Waals surface area contributed by atoms with Crippen LogP contribution in [0, 0.1) is 0 Å². The van der Waals surface area contributed by atoms with Gasteiger partial charge in [0.1, 0.15) is 0 Å². The van der Waals surface area contributed by atoms with Gasteiger partial charge >= 0.3 is 0 Å². The van der Waals surface area contributed by atoms with E-state index < -0.39 is 10.8 Å². The number of allylic oxidation sites excluding steroid dienone is 2. The second-order valence-corrected chi connectivity index (χ2v) is 5.38. The molecule has 2 unspecified atom stereocenters. The van der Waals surface area contributed by atoms with Crippen LogP contribution in [0.1, 0.15) is 25.7 Å². The Morgan fingerprint density at radius 2 is 2.50 bits per heavy atom.